The molecule has 0 radical (unpaired) electrons. The van der Waals surface area contributed by atoms with Crippen LogP contribution in [-0.4, -0.2) is 29.6 Å². The van der Waals surface area contributed by atoms with Gasteiger partial charge in [-0.25, -0.2) is 0 Å². The van der Waals surface area contributed by atoms with Gasteiger partial charge in [-0.15, -0.1) is 0 Å². The van der Waals surface area contributed by atoms with Crippen molar-refractivity contribution >= 4 is 5.91 Å². The molecule has 1 saturated carbocycles. The average molecular weight is 334 g/mol. The molecular formula is C21H22N2O2. The lowest BCUT2D eigenvalue weighted by molar-refractivity contribution is 0.0705. The Morgan fingerprint density at radius 3 is 2.36 bits per heavy atom. The number of hydrogen-bond acceptors (Lipinski definition) is 3. The Balaban J connectivity index is 1.80. The van der Waals surface area contributed by atoms with Gasteiger partial charge in [-0.1, -0.05) is 42.5 Å². The van der Waals surface area contributed by atoms with Gasteiger partial charge in [-0.2, -0.15) is 5.26 Å². The van der Waals surface area contributed by atoms with E-state index in [2.05, 4.69) is 6.07 Å². The van der Waals surface area contributed by atoms with Crippen LogP contribution in [0.1, 0.15) is 46.8 Å². The highest BCUT2D eigenvalue weighted by Gasteiger charge is 2.44. The van der Waals surface area contributed by atoms with Crippen LogP contribution in [0.5, 0.6) is 0 Å². The topological polar surface area (TPSA) is 64.3 Å². The molecule has 4 heteroatoms. The van der Waals surface area contributed by atoms with Gasteiger partial charge in [-0.3, -0.25) is 4.79 Å². The van der Waals surface area contributed by atoms with Crippen LogP contribution in [0.15, 0.2) is 54.6 Å². The highest BCUT2D eigenvalue weighted by Crippen LogP contribution is 2.47. The molecule has 3 rings (SSSR count). The van der Waals surface area contributed by atoms with Crippen molar-refractivity contribution in [2.45, 2.75) is 30.7 Å². The van der Waals surface area contributed by atoms with Crippen LogP contribution in [0.2, 0.25) is 0 Å². The van der Waals surface area contributed by atoms with Crippen LogP contribution < -0.4 is 0 Å². The summed E-state index contributed by atoms with van der Waals surface area (Å²) in [5.74, 6) is -0.0874. The minimum atomic E-state index is -0.336. The Hall–Kier alpha value is -2.64. The van der Waals surface area contributed by atoms with E-state index in [0.29, 0.717) is 12.0 Å². The van der Waals surface area contributed by atoms with E-state index in [1.54, 1.807) is 24.1 Å². The largest absolute Gasteiger partial charge is 0.396 e. The first-order valence-corrected chi connectivity index (χ1v) is 8.56. The number of nitrogens with zero attached hydrogens (tertiary/aromatic N) is 2. The molecule has 0 heterocycles. The number of rotatable bonds is 6. The maximum absolute atomic E-state index is 12.9. The lowest BCUT2D eigenvalue weighted by atomic mass is 9.96. The van der Waals surface area contributed by atoms with E-state index in [-0.39, 0.29) is 24.0 Å². The van der Waals surface area contributed by atoms with Crippen molar-refractivity contribution < 1.29 is 9.90 Å². The number of benzene rings is 2. The van der Waals surface area contributed by atoms with Crippen LogP contribution in [0, 0.1) is 11.3 Å². The molecule has 2 aromatic carbocycles. The molecule has 0 saturated heterocycles. The van der Waals surface area contributed by atoms with Crippen molar-refractivity contribution in [1.29, 1.82) is 5.26 Å². The molecule has 128 valence electrons. The summed E-state index contributed by atoms with van der Waals surface area (Å²) in [5.41, 5.74) is 2.25. The fourth-order valence-corrected chi connectivity index (χ4v) is 3.25. The second-order valence-corrected chi connectivity index (χ2v) is 6.63. The SMILES string of the molecule is CN(C(=O)c1ccc(C2(C#N)CC2)cc1)C(CCO)c1ccccc1. The minimum absolute atomic E-state index is 0.0147. The lowest BCUT2D eigenvalue weighted by Crippen LogP contribution is -2.32. The van der Waals surface area contributed by atoms with Crippen LogP contribution >= 0.6 is 0 Å². The Labute approximate surface area is 148 Å². The number of aliphatic hydroxyl groups is 1. The summed E-state index contributed by atoms with van der Waals surface area (Å²) in [5, 5.41) is 18.7. The maximum Gasteiger partial charge on any atom is 0.254 e. The molecule has 1 fully saturated rings. The standard InChI is InChI=1S/C21H22N2O2/c1-23(19(11-14-24)16-5-3-2-4-6-16)20(25)17-7-9-18(10-8-17)21(15-22)12-13-21/h2-10,19,24H,11-14H2,1H3. The van der Waals surface area contributed by atoms with E-state index in [9.17, 15) is 15.2 Å². The van der Waals surface area contributed by atoms with Crippen molar-refractivity contribution in [3.63, 3.8) is 0 Å². The first-order chi connectivity index (χ1) is 12.1. The zero-order valence-corrected chi connectivity index (χ0v) is 14.4. The quantitative estimate of drug-likeness (QED) is 0.880. The molecule has 1 N–H and O–H groups in total. The molecular weight excluding hydrogens is 312 g/mol. The number of amides is 1. The van der Waals surface area contributed by atoms with Crippen molar-refractivity contribution in [1.82, 2.24) is 4.90 Å². The fourth-order valence-electron chi connectivity index (χ4n) is 3.25. The van der Waals surface area contributed by atoms with Crippen molar-refractivity contribution in [2.75, 3.05) is 13.7 Å². The predicted octanol–water partition coefficient (Wildman–Crippen LogP) is 3.44. The molecule has 1 aliphatic carbocycles. The van der Waals surface area contributed by atoms with Crippen LogP contribution in [0.4, 0.5) is 0 Å². The number of hydrogen-bond donors (Lipinski definition) is 1. The summed E-state index contributed by atoms with van der Waals surface area (Å²) >= 11 is 0. The number of carbonyl (C=O) groups excluding carboxylic acids is 1. The molecule has 0 aliphatic heterocycles. The third kappa shape index (κ3) is 3.42. The second-order valence-electron chi connectivity index (χ2n) is 6.63. The normalized spacial score (nSPS) is 15.9. The van der Waals surface area contributed by atoms with E-state index < -0.39 is 0 Å². The first-order valence-electron chi connectivity index (χ1n) is 8.56. The van der Waals surface area contributed by atoms with Crippen LogP contribution in [-0.2, 0) is 5.41 Å². The molecule has 1 unspecified atom stereocenters. The zero-order valence-electron chi connectivity index (χ0n) is 14.4. The number of aliphatic hydroxyl groups excluding tert-OH is 1. The van der Waals surface area contributed by atoms with Gasteiger partial charge in [0, 0.05) is 19.2 Å². The molecule has 0 bridgehead atoms. The van der Waals surface area contributed by atoms with Gasteiger partial charge in [0.1, 0.15) is 0 Å². The van der Waals surface area contributed by atoms with Gasteiger partial charge in [0.05, 0.1) is 17.5 Å². The Morgan fingerprint density at radius 1 is 1.20 bits per heavy atom. The van der Waals surface area contributed by atoms with E-state index in [0.717, 1.165) is 24.0 Å². The molecule has 1 amide bonds. The van der Waals surface area contributed by atoms with Crippen molar-refractivity contribution in [3.8, 4) is 6.07 Å². The van der Waals surface area contributed by atoms with Gasteiger partial charge in [0.25, 0.3) is 5.91 Å². The molecule has 1 aliphatic rings. The average Bonchev–Trinajstić information content (AvgIpc) is 3.47. The fraction of sp³-hybridized carbons (Fsp3) is 0.333. The highest BCUT2D eigenvalue weighted by molar-refractivity contribution is 5.94. The molecule has 1 atom stereocenters. The van der Waals surface area contributed by atoms with Crippen LogP contribution in [0.25, 0.3) is 0 Å². The zero-order chi connectivity index (χ0) is 17.9. The van der Waals surface area contributed by atoms with Gasteiger partial charge < -0.3 is 10.0 Å². The van der Waals surface area contributed by atoms with Crippen molar-refractivity contribution in [2.24, 2.45) is 0 Å². The molecule has 0 aromatic heterocycles. The highest BCUT2D eigenvalue weighted by atomic mass is 16.3. The minimum Gasteiger partial charge on any atom is -0.396 e. The summed E-state index contributed by atoms with van der Waals surface area (Å²) in [6, 6.07) is 19.3. The number of nitriles is 1. The summed E-state index contributed by atoms with van der Waals surface area (Å²) in [4.78, 5) is 14.5. The Kier molecular flexibility index (Phi) is 4.87. The van der Waals surface area contributed by atoms with E-state index in [1.165, 1.54) is 0 Å². The third-order valence-corrected chi connectivity index (χ3v) is 5.02. The summed E-state index contributed by atoms with van der Waals surface area (Å²) in [6.07, 6.45) is 2.27. The van der Waals surface area contributed by atoms with E-state index >= 15 is 0 Å². The van der Waals surface area contributed by atoms with E-state index in [1.807, 2.05) is 42.5 Å². The van der Waals surface area contributed by atoms with Gasteiger partial charge >= 0.3 is 0 Å². The summed E-state index contributed by atoms with van der Waals surface area (Å²) in [7, 11) is 1.77. The van der Waals surface area contributed by atoms with Gasteiger partial charge in [-0.05, 0) is 42.5 Å². The smallest absolute Gasteiger partial charge is 0.254 e. The summed E-state index contributed by atoms with van der Waals surface area (Å²) < 4.78 is 0. The Morgan fingerprint density at radius 2 is 1.84 bits per heavy atom. The monoisotopic (exact) mass is 334 g/mol. The third-order valence-electron chi connectivity index (χ3n) is 5.02. The molecule has 4 nitrogen and oxygen atoms in total. The molecule has 2 aromatic rings. The first kappa shape index (κ1) is 17.2. The predicted molar refractivity (Wildman–Crippen MR) is 95.9 cm³/mol. The Bertz CT molecular complexity index is 774. The van der Waals surface area contributed by atoms with Crippen molar-refractivity contribution in [3.05, 3.63) is 71.3 Å². The maximum atomic E-state index is 12.9. The van der Waals surface area contributed by atoms with Gasteiger partial charge in [0.15, 0.2) is 0 Å². The summed E-state index contributed by atoms with van der Waals surface area (Å²) in [6.45, 7) is 0.0147. The molecule has 25 heavy (non-hydrogen) atoms. The number of carbonyl (C=O) groups is 1. The molecule has 0 spiro atoms. The van der Waals surface area contributed by atoms with E-state index in [4.69, 9.17) is 0 Å². The lowest BCUT2D eigenvalue weighted by Gasteiger charge is -2.28. The second kappa shape index (κ2) is 7.08. The van der Waals surface area contributed by atoms with Gasteiger partial charge in [0.2, 0.25) is 0 Å². The van der Waals surface area contributed by atoms with Crippen LogP contribution in [0.3, 0.4) is 0 Å².